The molecule has 0 radical (unpaired) electrons. The summed E-state index contributed by atoms with van der Waals surface area (Å²) in [5.74, 6) is -0.225. The fraction of sp³-hybridized carbons (Fsp3) is 0.417. The molecule has 0 saturated carbocycles. The zero-order chi connectivity index (χ0) is 12.0. The van der Waals surface area contributed by atoms with Gasteiger partial charge in [0.2, 0.25) is 0 Å². The first-order chi connectivity index (χ1) is 7.67. The minimum atomic E-state index is -0.249. The van der Waals surface area contributed by atoms with E-state index in [4.69, 9.17) is 11.6 Å². The van der Waals surface area contributed by atoms with Gasteiger partial charge in [-0.2, -0.15) is 0 Å². The molecule has 1 unspecified atom stereocenters. The lowest BCUT2D eigenvalue weighted by atomic mass is 10.2. The van der Waals surface area contributed by atoms with Crippen molar-refractivity contribution in [2.24, 2.45) is 0 Å². The van der Waals surface area contributed by atoms with Gasteiger partial charge in [0.05, 0.1) is 7.11 Å². The maximum absolute atomic E-state index is 11.3. The van der Waals surface area contributed by atoms with Gasteiger partial charge in [0.1, 0.15) is 6.04 Å². The van der Waals surface area contributed by atoms with Crippen LogP contribution < -0.4 is 5.32 Å². The van der Waals surface area contributed by atoms with Crippen molar-refractivity contribution in [3.63, 3.8) is 0 Å². The summed E-state index contributed by atoms with van der Waals surface area (Å²) < 4.78 is 4.69. The number of ether oxygens (including phenoxy) is 1. The predicted octanol–water partition coefficient (Wildman–Crippen LogP) is 2.38. The normalized spacial score (nSPS) is 12.2. The van der Waals surface area contributed by atoms with Gasteiger partial charge in [0.25, 0.3) is 0 Å². The van der Waals surface area contributed by atoms with Gasteiger partial charge in [0.15, 0.2) is 0 Å². The maximum Gasteiger partial charge on any atom is 0.322 e. The SMILES string of the molecule is CCC(NCc1ccc(Cl)cc1)C(=O)OC. The summed E-state index contributed by atoms with van der Waals surface area (Å²) in [6.45, 7) is 2.57. The minimum Gasteiger partial charge on any atom is -0.468 e. The fourth-order valence-electron chi connectivity index (χ4n) is 1.38. The molecule has 0 spiro atoms. The van der Waals surface area contributed by atoms with E-state index in [0.717, 1.165) is 5.56 Å². The van der Waals surface area contributed by atoms with Crippen molar-refractivity contribution in [2.45, 2.75) is 25.9 Å². The molecule has 4 heteroatoms. The average molecular weight is 242 g/mol. The first kappa shape index (κ1) is 13.0. The summed E-state index contributed by atoms with van der Waals surface area (Å²) >= 11 is 5.78. The van der Waals surface area contributed by atoms with Crippen LogP contribution in [0.25, 0.3) is 0 Å². The molecule has 0 aromatic heterocycles. The van der Waals surface area contributed by atoms with E-state index < -0.39 is 0 Å². The van der Waals surface area contributed by atoms with Crippen LogP contribution >= 0.6 is 11.6 Å². The van der Waals surface area contributed by atoms with E-state index in [2.05, 4.69) is 10.1 Å². The Hall–Kier alpha value is -1.06. The van der Waals surface area contributed by atoms with Crippen LogP contribution in [-0.4, -0.2) is 19.1 Å². The van der Waals surface area contributed by atoms with E-state index in [9.17, 15) is 4.79 Å². The van der Waals surface area contributed by atoms with Crippen LogP contribution in [0.1, 0.15) is 18.9 Å². The maximum atomic E-state index is 11.3. The van der Waals surface area contributed by atoms with Crippen LogP contribution in [-0.2, 0) is 16.1 Å². The summed E-state index contributed by atoms with van der Waals surface area (Å²) in [7, 11) is 1.40. The third-order valence-corrected chi connectivity index (χ3v) is 2.61. The van der Waals surface area contributed by atoms with Crippen molar-refractivity contribution < 1.29 is 9.53 Å². The first-order valence-corrected chi connectivity index (χ1v) is 5.60. The highest BCUT2D eigenvalue weighted by Gasteiger charge is 2.15. The number of hydrogen-bond acceptors (Lipinski definition) is 3. The Morgan fingerprint density at radius 1 is 1.44 bits per heavy atom. The third-order valence-electron chi connectivity index (χ3n) is 2.36. The second-order valence-electron chi connectivity index (χ2n) is 3.49. The average Bonchev–Trinajstić information content (AvgIpc) is 2.31. The molecule has 88 valence electrons. The standard InChI is InChI=1S/C12H16ClNO2/c1-3-11(12(15)16-2)14-8-9-4-6-10(13)7-5-9/h4-7,11,14H,3,8H2,1-2H3. The topological polar surface area (TPSA) is 38.3 Å². The molecule has 0 bridgehead atoms. The number of benzene rings is 1. The van der Waals surface area contributed by atoms with E-state index in [1.807, 2.05) is 31.2 Å². The van der Waals surface area contributed by atoms with Gasteiger partial charge >= 0.3 is 5.97 Å². The Kier molecular flexibility index (Phi) is 5.29. The molecule has 0 heterocycles. The van der Waals surface area contributed by atoms with Crippen molar-refractivity contribution in [3.05, 3.63) is 34.9 Å². The summed E-state index contributed by atoms with van der Waals surface area (Å²) in [5, 5.41) is 3.85. The van der Waals surface area contributed by atoms with E-state index in [1.54, 1.807) is 0 Å². The monoisotopic (exact) mass is 241 g/mol. The lowest BCUT2D eigenvalue weighted by Crippen LogP contribution is -2.36. The van der Waals surface area contributed by atoms with Crippen LogP contribution in [0.3, 0.4) is 0 Å². The molecule has 3 nitrogen and oxygen atoms in total. The number of nitrogens with one attached hydrogen (secondary N) is 1. The molecule has 16 heavy (non-hydrogen) atoms. The van der Waals surface area contributed by atoms with Crippen molar-refractivity contribution in [1.82, 2.24) is 5.32 Å². The Balaban J connectivity index is 2.49. The highest BCUT2D eigenvalue weighted by atomic mass is 35.5. The first-order valence-electron chi connectivity index (χ1n) is 5.23. The Bertz CT molecular complexity index is 337. The van der Waals surface area contributed by atoms with E-state index >= 15 is 0 Å². The van der Waals surface area contributed by atoms with Crippen LogP contribution in [0, 0.1) is 0 Å². The summed E-state index contributed by atoms with van der Waals surface area (Å²) in [4.78, 5) is 11.3. The van der Waals surface area contributed by atoms with Crippen molar-refractivity contribution in [1.29, 1.82) is 0 Å². The van der Waals surface area contributed by atoms with E-state index in [1.165, 1.54) is 7.11 Å². The van der Waals surface area contributed by atoms with Gasteiger partial charge in [-0.25, -0.2) is 0 Å². The molecule has 0 saturated heterocycles. The lowest BCUT2D eigenvalue weighted by Gasteiger charge is -2.14. The van der Waals surface area contributed by atoms with Crippen LogP contribution in [0.2, 0.25) is 5.02 Å². The van der Waals surface area contributed by atoms with Crippen LogP contribution in [0.5, 0.6) is 0 Å². The highest BCUT2D eigenvalue weighted by molar-refractivity contribution is 6.30. The molecule has 1 atom stereocenters. The molecule has 0 amide bonds. The van der Waals surface area contributed by atoms with Gasteiger partial charge in [-0.1, -0.05) is 30.7 Å². The van der Waals surface area contributed by atoms with Gasteiger partial charge < -0.3 is 10.1 Å². The molecule has 1 N–H and O–H groups in total. The second kappa shape index (κ2) is 6.51. The van der Waals surface area contributed by atoms with Gasteiger partial charge in [0, 0.05) is 11.6 Å². The molecule has 0 fully saturated rings. The van der Waals surface area contributed by atoms with Crippen molar-refractivity contribution in [2.75, 3.05) is 7.11 Å². The number of methoxy groups -OCH3 is 1. The number of hydrogen-bond donors (Lipinski definition) is 1. The number of halogens is 1. The number of esters is 1. The van der Waals surface area contributed by atoms with Crippen LogP contribution in [0.15, 0.2) is 24.3 Å². The Labute approximate surface area is 101 Å². The zero-order valence-electron chi connectivity index (χ0n) is 9.50. The third kappa shape index (κ3) is 3.83. The van der Waals surface area contributed by atoms with Crippen LogP contribution in [0.4, 0.5) is 0 Å². The molecule has 0 aliphatic carbocycles. The van der Waals surface area contributed by atoms with Crippen molar-refractivity contribution >= 4 is 17.6 Å². The number of rotatable bonds is 5. The van der Waals surface area contributed by atoms with Crippen molar-refractivity contribution in [3.8, 4) is 0 Å². The fourth-order valence-corrected chi connectivity index (χ4v) is 1.51. The summed E-state index contributed by atoms with van der Waals surface area (Å²) in [6, 6.07) is 7.27. The second-order valence-corrected chi connectivity index (χ2v) is 3.93. The Morgan fingerprint density at radius 3 is 2.56 bits per heavy atom. The quantitative estimate of drug-likeness (QED) is 0.805. The van der Waals surface area contributed by atoms with Gasteiger partial charge in [-0.3, -0.25) is 4.79 Å². The molecular weight excluding hydrogens is 226 g/mol. The Morgan fingerprint density at radius 2 is 2.06 bits per heavy atom. The zero-order valence-corrected chi connectivity index (χ0v) is 10.3. The highest BCUT2D eigenvalue weighted by Crippen LogP contribution is 2.09. The molecule has 1 aromatic carbocycles. The summed E-state index contributed by atoms with van der Waals surface area (Å²) in [5.41, 5.74) is 1.09. The molecular formula is C12H16ClNO2. The van der Waals surface area contributed by atoms with Gasteiger partial charge in [-0.15, -0.1) is 0 Å². The number of carbonyl (C=O) groups excluding carboxylic acids is 1. The lowest BCUT2D eigenvalue weighted by molar-refractivity contribution is -0.143. The smallest absolute Gasteiger partial charge is 0.322 e. The minimum absolute atomic E-state index is 0.225. The molecule has 1 rings (SSSR count). The van der Waals surface area contributed by atoms with E-state index in [-0.39, 0.29) is 12.0 Å². The molecule has 0 aliphatic rings. The molecule has 0 aliphatic heterocycles. The van der Waals surface area contributed by atoms with Gasteiger partial charge in [-0.05, 0) is 24.1 Å². The molecule has 1 aromatic rings. The number of carbonyl (C=O) groups is 1. The van der Waals surface area contributed by atoms with E-state index in [0.29, 0.717) is 18.0 Å². The predicted molar refractivity (Wildman–Crippen MR) is 64.4 cm³/mol. The largest absolute Gasteiger partial charge is 0.468 e. The summed E-state index contributed by atoms with van der Waals surface area (Å²) in [6.07, 6.45) is 0.709.